The summed E-state index contributed by atoms with van der Waals surface area (Å²) in [6, 6.07) is 21.9. The predicted octanol–water partition coefficient (Wildman–Crippen LogP) is 7.55. The Morgan fingerprint density at radius 1 is 0.921 bits per heavy atom. The fourth-order valence-electron chi connectivity index (χ4n) is 4.84. The third-order valence-electron chi connectivity index (χ3n) is 7.63. The Morgan fingerprint density at radius 3 is 2.08 bits per heavy atom. The van der Waals surface area contributed by atoms with Crippen LogP contribution in [0.2, 0.25) is 10.0 Å². The standard InChI is InChI=1S/C30H30BCl2NO4/c1-29(2)30(3,4)38-31(37-29)20(15-19-13-14-26(32)27(33)16-19)17-34-28(35)36-18-25-23-11-7-5-9-21(23)22-10-6-8-12-24(22)25/h5-16,25H,17-18H2,1-4H3,(H,34,35). The van der Waals surface area contributed by atoms with Crippen molar-refractivity contribution >= 4 is 42.5 Å². The van der Waals surface area contributed by atoms with E-state index in [0.717, 1.165) is 11.0 Å². The van der Waals surface area contributed by atoms with E-state index < -0.39 is 24.4 Å². The number of benzene rings is 3. The van der Waals surface area contributed by atoms with E-state index in [0.29, 0.717) is 10.0 Å². The van der Waals surface area contributed by atoms with Gasteiger partial charge in [0.15, 0.2) is 0 Å². The normalized spacial score (nSPS) is 17.7. The van der Waals surface area contributed by atoms with Crippen molar-refractivity contribution in [2.24, 2.45) is 0 Å². The Balaban J connectivity index is 1.30. The highest BCUT2D eigenvalue weighted by atomic mass is 35.5. The van der Waals surface area contributed by atoms with Crippen LogP contribution in [0.3, 0.4) is 0 Å². The lowest BCUT2D eigenvalue weighted by Gasteiger charge is -2.32. The predicted molar refractivity (Wildman–Crippen MR) is 154 cm³/mol. The van der Waals surface area contributed by atoms with Crippen LogP contribution in [-0.2, 0) is 14.0 Å². The second kappa shape index (κ2) is 10.4. The Labute approximate surface area is 234 Å². The second-order valence-electron chi connectivity index (χ2n) is 10.7. The first-order chi connectivity index (χ1) is 18.1. The van der Waals surface area contributed by atoms with E-state index >= 15 is 0 Å². The van der Waals surface area contributed by atoms with Gasteiger partial charge in [0.1, 0.15) is 6.61 Å². The molecular formula is C30H30BCl2NO4. The summed E-state index contributed by atoms with van der Waals surface area (Å²) < 4.78 is 18.2. The molecule has 1 heterocycles. The van der Waals surface area contributed by atoms with Crippen molar-refractivity contribution in [3.8, 4) is 11.1 Å². The lowest BCUT2D eigenvalue weighted by Crippen LogP contribution is -2.41. The highest BCUT2D eigenvalue weighted by Gasteiger charge is 2.52. The number of hydrogen-bond acceptors (Lipinski definition) is 4. The van der Waals surface area contributed by atoms with Crippen molar-refractivity contribution in [3.05, 3.63) is 98.9 Å². The number of ether oxygens (including phenoxy) is 1. The first kappa shape index (κ1) is 26.8. The summed E-state index contributed by atoms with van der Waals surface area (Å²) in [7, 11) is -0.650. The Bertz CT molecular complexity index is 1340. The molecule has 38 heavy (non-hydrogen) atoms. The Morgan fingerprint density at radius 2 is 1.50 bits per heavy atom. The molecular weight excluding hydrogens is 520 g/mol. The van der Waals surface area contributed by atoms with Gasteiger partial charge in [-0.1, -0.05) is 83.9 Å². The SMILES string of the molecule is CC1(C)OB(C(=Cc2ccc(Cl)c(Cl)c2)CNC(=O)OCC2c3ccccc3-c3ccccc32)OC1(C)C. The van der Waals surface area contributed by atoms with E-state index in [4.69, 9.17) is 37.2 Å². The number of fused-ring (bicyclic) bond motifs is 3. The van der Waals surface area contributed by atoms with Gasteiger partial charge in [-0.3, -0.25) is 0 Å². The average molecular weight is 550 g/mol. The van der Waals surface area contributed by atoms with Crippen molar-refractivity contribution in [2.75, 3.05) is 13.2 Å². The van der Waals surface area contributed by atoms with Gasteiger partial charge in [-0.15, -0.1) is 0 Å². The van der Waals surface area contributed by atoms with Gasteiger partial charge in [0.2, 0.25) is 0 Å². The van der Waals surface area contributed by atoms with E-state index in [2.05, 4.69) is 29.6 Å². The molecule has 1 amide bonds. The maximum Gasteiger partial charge on any atom is 0.492 e. The average Bonchev–Trinajstić information content (AvgIpc) is 3.31. The maximum atomic E-state index is 12.9. The molecule has 0 unspecified atom stereocenters. The number of alkyl carbamates (subject to hydrolysis) is 1. The van der Waals surface area contributed by atoms with E-state index in [1.54, 1.807) is 12.1 Å². The molecule has 0 radical (unpaired) electrons. The molecule has 1 aliphatic heterocycles. The second-order valence-corrected chi connectivity index (χ2v) is 11.5. The molecule has 5 rings (SSSR count). The summed E-state index contributed by atoms with van der Waals surface area (Å²) in [5.74, 6) is -0.0116. The minimum atomic E-state index is -0.650. The summed E-state index contributed by atoms with van der Waals surface area (Å²) in [6.45, 7) is 8.37. The van der Waals surface area contributed by atoms with Crippen LogP contribution in [0.5, 0.6) is 0 Å². The molecule has 1 saturated heterocycles. The van der Waals surface area contributed by atoms with Crippen molar-refractivity contribution in [3.63, 3.8) is 0 Å². The Hall–Kier alpha value is -2.77. The quantitative estimate of drug-likeness (QED) is 0.322. The molecule has 196 valence electrons. The van der Waals surface area contributed by atoms with Gasteiger partial charge in [0.05, 0.1) is 21.2 Å². The number of carbonyl (C=O) groups is 1. The molecule has 5 nitrogen and oxygen atoms in total. The molecule has 0 saturated carbocycles. The fourth-order valence-corrected chi connectivity index (χ4v) is 5.14. The van der Waals surface area contributed by atoms with Crippen molar-refractivity contribution in [1.82, 2.24) is 5.32 Å². The van der Waals surface area contributed by atoms with Gasteiger partial charge in [0, 0.05) is 12.5 Å². The molecule has 1 aliphatic carbocycles. The van der Waals surface area contributed by atoms with Crippen molar-refractivity contribution in [2.45, 2.75) is 44.8 Å². The Kier molecular flexibility index (Phi) is 7.36. The van der Waals surface area contributed by atoms with E-state index in [1.807, 2.05) is 64.1 Å². The molecule has 0 spiro atoms. The lowest BCUT2D eigenvalue weighted by molar-refractivity contribution is 0.00578. The van der Waals surface area contributed by atoms with Crippen LogP contribution in [0, 0.1) is 0 Å². The van der Waals surface area contributed by atoms with Crippen LogP contribution in [0.4, 0.5) is 4.79 Å². The summed E-state index contributed by atoms with van der Waals surface area (Å²) in [6.07, 6.45) is 1.39. The van der Waals surface area contributed by atoms with Crippen LogP contribution in [0.15, 0.2) is 72.2 Å². The van der Waals surface area contributed by atoms with Gasteiger partial charge in [-0.05, 0) is 73.1 Å². The van der Waals surface area contributed by atoms with Gasteiger partial charge >= 0.3 is 13.2 Å². The molecule has 3 aromatic carbocycles. The molecule has 0 aromatic heterocycles. The van der Waals surface area contributed by atoms with Gasteiger partial charge in [-0.25, -0.2) is 4.79 Å². The lowest BCUT2D eigenvalue weighted by atomic mass is 9.77. The first-order valence-corrected chi connectivity index (χ1v) is 13.4. The molecule has 0 bridgehead atoms. The number of hydrogen-bond donors (Lipinski definition) is 1. The minimum Gasteiger partial charge on any atom is -0.449 e. The first-order valence-electron chi connectivity index (χ1n) is 12.7. The summed E-state index contributed by atoms with van der Waals surface area (Å²) in [5.41, 5.74) is 5.19. The molecule has 3 aromatic rings. The number of amides is 1. The molecule has 1 fully saturated rings. The maximum absolute atomic E-state index is 12.9. The highest BCUT2D eigenvalue weighted by molar-refractivity contribution is 6.56. The number of carbonyl (C=O) groups excluding carboxylic acids is 1. The third kappa shape index (κ3) is 5.23. The van der Waals surface area contributed by atoms with Crippen LogP contribution in [-0.4, -0.2) is 37.6 Å². The van der Waals surface area contributed by atoms with Crippen LogP contribution < -0.4 is 5.32 Å². The number of rotatable bonds is 6. The van der Waals surface area contributed by atoms with Crippen molar-refractivity contribution in [1.29, 1.82) is 0 Å². The van der Waals surface area contributed by atoms with Crippen LogP contribution >= 0.6 is 23.2 Å². The van der Waals surface area contributed by atoms with Crippen molar-refractivity contribution < 1.29 is 18.8 Å². The third-order valence-corrected chi connectivity index (χ3v) is 8.37. The molecule has 1 N–H and O–H groups in total. The van der Waals surface area contributed by atoms with E-state index in [1.165, 1.54) is 22.3 Å². The summed E-state index contributed by atoms with van der Waals surface area (Å²) in [4.78, 5) is 12.9. The summed E-state index contributed by atoms with van der Waals surface area (Å²) in [5, 5.41) is 3.80. The zero-order valence-electron chi connectivity index (χ0n) is 21.9. The van der Waals surface area contributed by atoms with Gasteiger partial charge in [0.25, 0.3) is 0 Å². The zero-order valence-corrected chi connectivity index (χ0v) is 23.4. The topological polar surface area (TPSA) is 56.8 Å². The minimum absolute atomic E-state index is 0.0116. The molecule has 8 heteroatoms. The van der Waals surface area contributed by atoms with Gasteiger partial charge in [-0.2, -0.15) is 0 Å². The van der Waals surface area contributed by atoms with Gasteiger partial charge < -0.3 is 19.4 Å². The van der Waals surface area contributed by atoms with Crippen LogP contribution in [0.1, 0.15) is 50.3 Å². The largest absolute Gasteiger partial charge is 0.492 e. The van der Waals surface area contributed by atoms with E-state index in [-0.39, 0.29) is 19.1 Å². The molecule has 0 atom stereocenters. The highest BCUT2D eigenvalue weighted by Crippen LogP contribution is 2.44. The van der Waals surface area contributed by atoms with E-state index in [9.17, 15) is 4.79 Å². The monoisotopic (exact) mass is 549 g/mol. The zero-order chi connectivity index (χ0) is 27.1. The summed E-state index contributed by atoms with van der Waals surface area (Å²) >= 11 is 12.3. The smallest absolute Gasteiger partial charge is 0.449 e. The fraction of sp³-hybridized carbons (Fsp3) is 0.300. The number of nitrogens with one attached hydrogen (secondary N) is 1. The number of halogens is 2. The van der Waals surface area contributed by atoms with Crippen LogP contribution in [0.25, 0.3) is 17.2 Å². The molecule has 2 aliphatic rings.